The van der Waals surface area contributed by atoms with Gasteiger partial charge in [-0.05, 0) is 37.5 Å². The van der Waals surface area contributed by atoms with Crippen LogP contribution < -0.4 is 21.5 Å². The van der Waals surface area contributed by atoms with Crippen molar-refractivity contribution in [2.75, 3.05) is 31.1 Å². The van der Waals surface area contributed by atoms with Gasteiger partial charge in [0.1, 0.15) is 4.70 Å². The molecule has 0 unspecified atom stereocenters. The van der Waals surface area contributed by atoms with E-state index < -0.39 is 0 Å². The van der Waals surface area contributed by atoms with Crippen molar-refractivity contribution in [3.05, 3.63) is 56.7 Å². The highest BCUT2D eigenvalue weighted by Gasteiger charge is 2.24. The van der Waals surface area contributed by atoms with E-state index in [4.69, 9.17) is 15.5 Å². The number of rotatable bonds is 8. The molecule has 10 nitrogen and oxygen atoms in total. The van der Waals surface area contributed by atoms with Crippen LogP contribution in [0.25, 0.3) is 10.2 Å². The number of ether oxygens (including phenoxy) is 1. The maximum atomic E-state index is 13.7. The highest BCUT2D eigenvalue weighted by Crippen LogP contribution is 2.26. The summed E-state index contributed by atoms with van der Waals surface area (Å²) in [6, 6.07) is 10.9. The van der Waals surface area contributed by atoms with Crippen LogP contribution in [0.5, 0.6) is 0 Å². The second-order valence-corrected chi connectivity index (χ2v) is 9.61. The fourth-order valence-corrected chi connectivity index (χ4v) is 5.18. The zero-order valence-electron chi connectivity index (χ0n) is 20.0. The zero-order chi connectivity index (χ0) is 25.7. The number of hydrogen-bond acceptors (Lipinski definition) is 9. The number of carbonyl (C=O) groups is 2. The predicted octanol–water partition coefficient (Wildman–Crippen LogP) is 1.99. The van der Waals surface area contributed by atoms with E-state index in [1.165, 1.54) is 0 Å². The monoisotopic (exact) mass is 508 g/mol. The molecule has 188 valence electrons. The van der Waals surface area contributed by atoms with Crippen molar-refractivity contribution in [2.24, 2.45) is 5.73 Å². The summed E-state index contributed by atoms with van der Waals surface area (Å²) >= 11 is 1.06. The third-order valence-corrected chi connectivity index (χ3v) is 7.08. The van der Waals surface area contributed by atoms with Crippen LogP contribution >= 0.6 is 11.3 Å². The van der Waals surface area contributed by atoms with Crippen LogP contribution in [0.3, 0.4) is 0 Å². The van der Waals surface area contributed by atoms with Gasteiger partial charge in [-0.2, -0.15) is 5.26 Å². The lowest BCUT2D eigenvalue weighted by Crippen LogP contribution is -2.45. The van der Waals surface area contributed by atoms with Crippen LogP contribution in [-0.4, -0.2) is 53.7 Å². The van der Waals surface area contributed by atoms with E-state index in [1.54, 1.807) is 29.7 Å². The molecular weight excluding hydrogens is 480 g/mol. The summed E-state index contributed by atoms with van der Waals surface area (Å²) < 4.78 is 6.79. The van der Waals surface area contributed by atoms with E-state index >= 15 is 0 Å². The zero-order valence-corrected chi connectivity index (χ0v) is 20.8. The summed E-state index contributed by atoms with van der Waals surface area (Å²) in [6.07, 6.45) is 1.84. The number of nitrogens with zero attached hydrogens (tertiary/aromatic N) is 4. The standard InChI is InChI=1S/C25H28N6O4S/c1-2-35-21(32)9-10-28-23(33)20-12-19-22(36-20)24(34)31(14-17-7-4-3-6-16(17)13-26)25(29-19)30-11-5-8-18(27)15-30/h3-4,6-7,12,18H,2,5,8-11,14-15,27H2,1H3,(H,28,33)/t18-/m1/s1. The molecule has 2 aromatic heterocycles. The number of nitriles is 1. The van der Waals surface area contributed by atoms with Gasteiger partial charge in [0.2, 0.25) is 5.95 Å². The Bertz CT molecular complexity index is 1380. The van der Waals surface area contributed by atoms with Gasteiger partial charge in [-0.15, -0.1) is 11.3 Å². The molecule has 0 bridgehead atoms. The normalized spacial score (nSPS) is 15.5. The Kier molecular flexibility index (Phi) is 7.97. The summed E-state index contributed by atoms with van der Waals surface area (Å²) in [6.45, 7) is 3.57. The summed E-state index contributed by atoms with van der Waals surface area (Å²) in [7, 11) is 0. The molecule has 1 aromatic carbocycles. The molecular formula is C25H28N6O4S. The maximum absolute atomic E-state index is 13.7. The minimum absolute atomic E-state index is 0.0330. The second kappa shape index (κ2) is 11.3. The number of hydrogen-bond donors (Lipinski definition) is 2. The molecule has 0 aliphatic carbocycles. The number of carbonyl (C=O) groups excluding carboxylic acids is 2. The van der Waals surface area contributed by atoms with E-state index in [-0.39, 0.29) is 49.6 Å². The average molecular weight is 509 g/mol. The van der Waals surface area contributed by atoms with Crippen LogP contribution in [0.4, 0.5) is 5.95 Å². The predicted molar refractivity (Wildman–Crippen MR) is 137 cm³/mol. The maximum Gasteiger partial charge on any atom is 0.307 e. The van der Waals surface area contributed by atoms with Crippen molar-refractivity contribution in [1.29, 1.82) is 5.26 Å². The number of nitrogens with one attached hydrogen (secondary N) is 1. The lowest BCUT2D eigenvalue weighted by atomic mass is 10.1. The minimum Gasteiger partial charge on any atom is -0.466 e. The van der Waals surface area contributed by atoms with Gasteiger partial charge < -0.3 is 20.7 Å². The number of piperidine rings is 1. The second-order valence-electron chi connectivity index (χ2n) is 8.56. The SMILES string of the molecule is CCOC(=O)CCNC(=O)c1cc2nc(N3CCC[C@@H](N)C3)n(Cc3ccccc3C#N)c(=O)c2s1. The van der Waals surface area contributed by atoms with Crippen molar-refractivity contribution in [1.82, 2.24) is 14.9 Å². The Morgan fingerprint density at radius 3 is 2.92 bits per heavy atom. The number of amides is 1. The fraction of sp³-hybridized carbons (Fsp3) is 0.400. The molecule has 1 aliphatic heterocycles. The minimum atomic E-state index is -0.388. The molecule has 0 saturated carbocycles. The molecule has 0 spiro atoms. The van der Waals surface area contributed by atoms with Crippen molar-refractivity contribution >= 4 is 39.4 Å². The number of benzene rings is 1. The first-order chi connectivity index (χ1) is 17.4. The van der Waals surface area contributed by atoms with Gasteiger partial charge in [-0.3, -0.25) is 19.0 Å². The van der Waals surface area contributed by atoms with E-state index in [0.29, 0.717) is 45.3 Å². The lowest BCUT2D eigenvalue weighted by Gasteiger charge is -2.33. The van der Waals surface area contributed by atoms with Gasteiger partial charge in [-0.1, -0.05) is 18.2 Å². The first kappa shape index (κ1) is 25.3. The quantitative estimate of drug-likeness (QED) is 0.440. The van der Waals surface area contributed by atoms with Crippen LogP contribution in [0.2, 0.25) is 0 Å². The van der Waals surface area contributed by atoms with Crippen molar-refractivity contribution < 1.29 is 14.3 Å². The molecule has 1 fully saturated rings. The third kappa shape index (κ3) is 5.56. The summed E-state index contributed by atoms with van der Waals surface area (Å²) in [5, 5.41) is 12.2. The highest BCUT2D eigenvalue weighted by atomic mass is 32.1. The number of anilines is 1. The van der Waals surface area contributed by atoms with Gasteiger partial charge in [0.05, 0.1) is 41.6 Å². The molecule has 3 aromatic rings. The molecule has 1 atom stereocenters. The summed E-state index contributed by atoms with van der Waals surface area (Å²) in [5.41, 5.74) is 7.55. The summed E-state index contributed by atoms with van der Waals surface area (Å²) in [4.78, 5) is 45.0. The summed E-state index contributed by atoms with van der Waals surface area (Å²) in [5.74, 6) is -0.298. The van der Waals surface area contributed by atoms with Gasteiger partial charge >= 0.3 is 5.97 Å². The molecule has 1 aliphatic rings. The van der Waals surface area contributed by atoms with E-state index in [2.05, 4.69) is 11.4 Å². The van der Waals surface area contributed by atoms with Crippen LogP contribution in [0.15, 0.2) is 35.1 Å². The molecule has 1 saturated heterocycles. The average Bonchev–Trinajstić information content (AvgIpc) is 3.31. The molecule has 4 rings (SSSR count). The van der Waals surface area contributed by atoms with Crippen molar-refractivity contribution in [2.45, 2.75) is 38.8 Å². The largest absolute Gasteiger partial charge is 0.466 e. The first-order valence-corrected chi connectivity index (χ1v) is 12.7. The number of nitrogens with two attached hydrogens (primary N) is 1. The molecule has 0 radical (unpaired) electrons. The fourth-order valence-electron chi connectivity index (χ4n) is 4.22. The van der Waals surface area contributed by atoms with Crippen LogP contribution in [0, 0.1) is 11.3 Å². The van der Waals surface area contributed by atoms with Crippen LogP contribution in [-0.2, 0) is 16.1 Å². The van der Waals surface area contributed by atoms with Gasteiger partial charge in [-0.25, -0.2) is 4.98 Å². The third-order valence-electron chi connectivity index (χ3n) is 5.96. The van der Waals surface area contributed by atoms with Gasteiger partial charge in [0.25, 0.3) is 11.5 Å². The van der Waals surface area contributed by atoms with Crippen LogP contribution in [0.1, 0.15) is 47.0 Å². The lowest BCUT2D eigenvalue weighted by molar-refractivity contribution is -0.142. The van der Waals surface area contributed by atoms with Crippen molar-refractivity contribution in [3.8, 4) is 6.07 Å². The Labute approximate surface area is 212 Å². The molecule has 36 heavy (non-hydrogen) atoms. The number of fused-ring (bicyclic) bond motifs is 1. The van der Waals surface area contributed by atoms with E-state index in [1.807, 2.05) is 17.0 Å². The molecule has 1 amide bonds. The van der Waals surface area contributed by atoms with E-state index in [9.17, 15) is 19.6 Å². The first-order valence-electron chi connectivity index (χ1n) is 11.9. The van der Waals surface area contributed by atoms with Crippen molar-refractivity contribution in [3.63, 3.8) is 0 Å². The van der Waals surface area contributed by atoms with Gasteiger partial charge in [0.15, 0.2) is 0 Å². The molecule has 3 N–H and O–H groups in total. The smallest absolute Gasteiger partial charge is 0.307 e. The highest BCUT2D eigenvalue weighted by molar-refractivity contribution is 7.20. The Balaban J connectivity index is 1.70. The number of aromatic nitrogens is 2. The van der Waals surface area contributed by atoms with Gasteiger partial charge in [0, 0.05) is 25.7 Å². The Hall–Kier alpha value is -3.75. The number of esters is 1. The Morgan fingerprint density at radius 1 is 1.36 bits per heavy atom. The van der Waals surface area contributed by atoms with E-state index in [0.717, 1.165) is 24.2 Å². The number of thiophene rings is 1. The molecule has 11 heteroatoms. The molecule has 3 heterocycles. The Morgan fingerprint density at radius 2 is 2.17 bits per heavy atom. The topological polar surface area (TPSA) is 143 Å².